The lowest BCUT2D eigenvalue weighted by molar-refractivity contribution is -0.384. The normalized spacial score (nSPS) is 25.5. The number of fused-ring (bicyclic) bond motifs is 1. The Balaban J connectivity index is 1.70. The van der Waals surface area contributed by atoms with Crippen molar-refractivity contribution in [3.05, 3.63) is 105 Å². The maximum absolute atomic E-state index is 13.8. The van der Waals surface area contributed by atoms with E-state index in [2.05, 4.69) is 21.2 Å². The quantitative estimate of drug-likeness (QED) is 0.288. The van der Waals surface area contributed by atoms with E-state index in [9.17, 15) is 29.6 Å². The molecule has 0 saturated carbocycles. The lowest BCUT2D eigenvalue weighted by Crippen LogP contribution is -2.53. The van der Waals surface area contributed by atoms with Crippen LogP contribution in [0.5, 0.6) is 0 Å². The van der Waals surface area contributed by atoms with Crippen molar-refractivity contribution in [2.45, 2.75) is 11.6 Å². The Hall–Kier alpha value is -3.89. The van der Waals surface area contributed by atoms with Crippen LogP contribution in [0.3, 0.4) is 0 Å². The number of non-ortho nitro benzene ring substituents is 1. The smallest absolute Gasteiger partial charge is 0.329 e. The third-order valence-electron chi connectivity index (χ3n) is 6.65. The molecule has 0 spiro atoms. The van der Waals surface area contributed by atoms with E-state index in [1.807, 2.05) is 0 Å². The molecule has 2 N–H and O–H groups in total. The van der Waals surface area contributed by atoms with Crippen molar-refractivity contribution in [3.63, 3.8) is 0 Å². The number of imide groups is 1. The summed E-state index contributed by atoms with van der Waals surface area (Å²) in [6, 6.07) is 19.8. The Bertz CT molecular complexity index is 1360. The largest absolute Gasteiger partial charge is 0.480 e. The number of nitrogens with one attached hydrogen (secondary N) is 1. The van der Waals surface area contributed by atoms with Gasteiger partial charge in [0, 0.05) is 22.6 Å². The van der Waals surface area contributed by atoms with Crippen LogP contribution >= 0.6 is 15.9 Å². The van der Waals surface area contributed by atoms with Gasteiger partial charge in [-0.2, -0.15) is 0 Å². The molecule has 3 aromatic rings. The Labute approximate surface area is 207 Å². The van der Waals surface area contributed by atoms with Gasteiger partial charge in [0.2, 0.25) is 11.8 Å². The van der Waals surface area contributed by atoms with Crippen LogP contribution in [0, 0.1) is 22.0 Å². The van der Waals surface area contributed by atoms with Crippen molar-refractivity contribution in [1.82, 2.24) is 5.32 Å². The van der Waals surface area contributed by atoms with Gasteiger partial charge >= 0.3 is 5.97 Å². The molecule has 0 radical (unpaired) electrons. The molecular weight excluding hydrogens is 518 g/mol. The lowest BCUT2D eigenvalue weighted by atomic mass is 9.75. The molecule has 2 amide bonds. The van der Waals surface area contributed by atoms with Gasteiger partial charge in [-0.25, -0.2) is 9.69 Å². The number of carbonyl (C=O) groups excluding carboxylic acids is 2. The summed E-state index contributed by atoms with van der Waals surface area (Å²) in [6.45, 7) is 0. The number of rotatable bonds is 5. The van der Waals surface area contributed by atoms with Crippen LogP contribution in [0.2, 0.25) is 0 Å². The number of hydrogen-bond donors (Lipinski definition) is 2. The Morgan fingerprint density at radius 2 is 1.69 bits per heavy atom. The molecular formula is C25H18BrN3O6. The molecule has 0 aliphatic carbocycles. The molecule has 35 heavy (non-hydrogen) atoms. The number of nitro benzene ring substituents is 1. The summed E-state index contributed by atoms with van der Waals surface area (Å²) < 4.78 is 0.801. The highest BCUT2D eigenvalue weighted by Gasteiger charge is 2.69. The zero-order valence-electron chi connectivity index (χ0n) is 18.0. The fourth-order valence-electron chi connectivity index (χ4n) is 5.15. The van der Waals surface area contributed by atoms with Crippen LogP contribution in [0.1, 0.15) is 17.2 Å². The van der Waals surface area contributed by atoms with Crippen molar-refractivity contribution in [1.29, 1.82) is 0 Å². The van der Waals surface area contributed by atoms with Gasteiger partial charge in [0.1, 0.15) is 0 Å². The van der Waals surface area contributed by atoms with Crippen LogP contribution in [0.25, 0.3) is 0 Å². The van der Waals surface area contributed by atoms with Crippen molar-refractivity contribution >= 4 is 45.1 Å². The number of nitro groups is 1. The van der Waals surface area contributed by atoms with E-state index in [4.69, 9.17) is 0 Å². The van der Waals surface area contributed by atoms with Gasteiger partial charge in [-0.1, -0.05) is 64.5 Å². The highest BCUT2D eigenvalue weighted by Crippen LogP contribution is 2.53. The fourth-order valence-corrected chi connectivity index (χ4v) is 5.41. The summed E-state index contributed by atoms with van der Waals surface area (Å²) in [5.41, 5.74) is -1.15. The monoisotopic (exact) mass is 535 g/mol. The molecule has 0 bridgehead atoms. The topological polar surface area (TPSA) is 130 Å². The van der Waals surface area contributed by atoms with Gasteiger partial charge in [-0.15, -0.1) is 0 Å². The number of hydrogen-bond acceptors (Lipinski definition) is 6. The average molecular weight is 536 g/mol. The third kappa shape index (κ3) is 3.44. The summed E-state index contributed by atoms with van der Waals surface area (Å²) >= 11 is 3.37. The van der Waals surface area contributed by atoms with Gasteiger partial charge in [0.05, 0.1) is 22.4 Å². The molecule has 2 heterocycles. The summed E-state index contributed by atoms with van der Waals surface area (Å²) in [6.07, 6.45) is 0. The van der Waals surface area contributed by atoms with E-state index >= 15 is 0 Å². The first-order chi connectivity index (χ1) is 16.8. The first-order valence-corrected chi connectivity index (χ1v) is 11.5. The van der Waals surface area contributed by atoms with E-state index in [0.717, 1.165) is 15.4 Å². The van der Waals surface area contributed by atoms with Gasteiger partial charge in [-0.3, -0.25) is 25.0 Å². The zero-order valence-corrected chi connectivity index (χ0v) is 19.6. The molecule has 2 saturated heterocycles. The molecule has 10 heteroatoms. The van der Waals surface area contributed by atoms with Crippen LogP contribution in [0.15, 0.2) is 83.3 Å². The summed E-state index contributed by atoms with van der Waals surface area (Å²) in [5.74, 6) is -4.94. The van der Waals surface area contributed by atoms with Crippen LogP contribution < -0.4 is 10.2 Å². The number of carboxylic acids is 1. The van der Waals surface area contributed by atoms with Gasteiger partial charge < -0.3 is 5.11 Å². The molecule has 4 unspecified atom stereocenters. The van der Waals surface area contributed by atoms with E-state index in [1.165, 1.54) is 18.2 Å². The number of nitrogens with zero attached hydrogens (tertiary/aromatic N) is 2. The van der Waals surface area contributed by atoms with E-state index < -0.39 is 46.1 Å². The van der Waals surface area contributed by atoms with Gasteiger partial charge in [0.15, 0.2) is 5.54 Å². The number of halogens is 1. The second kappa shape index (κ2) is 8.40. The van der Waals surface area contributed by atoms with Gasteiger partial charge in [0.25, 0.3) is 5.69 Å². The Morgan fingerprint density at radius 3 is 2.31 bits per heavy atom. The van der Waals surface area contributed by atoms with Crippen LogP contribution in [-0.2, 0) is 19.9 Å². The van der Waals surface area contributed by atoms with E-state index in [1.54, 1.807) is 54.6 Å². The fraction of sp³-hybridized carbons (Fsp3) is 0.160. The number of carbonyl (C=O) groups is 3. The van der Waals surface area contributed by atoms with Crippen LogP contribution in [-0.4, -0.2) is 27.8 Å². The van der Waals surface area contributed by atoms with Gasteiger partial charge in [-0.05, 0) is 29.3 Å². The molecule has 2 fully saturated rings. The standard InChI is InChI=1S/C25H18BrN3O6/c26-16-11-9-14(10-12-16)21-19-20(25(27-21,24(32)33)15-5-2-1-3-6-15)23(31)28(22(19)30)17-7-4-8-18(13-17)29(34)35/h1-13,19-21,27H,(H,32,33). The number of amides is 2. The molecule has 2 aliphatic heterocycles. The van der Waals surface area contributed by atoms with Crippen molar-refractivity contribution in [2.75, 3.05) is 4.90 Å². The molecule has 5 rings (SSSR count). The van der Waals surface area contributed by atoms with E-state index in [0.29, 0.717) is 11.1 Å². The minimum absolute atomic E-state index is 0.0329. The minimum Gasteiger partial charge on any atom is -0.480 e. The third-order valence-corrected chi connectivity index (χ3v) is 7.18. The maximum atomic E-state index is 13.8. The average Bonchev–Trinajstić information content (AvgIpc) is 3.35. The van der Waals surface area contributed by atoms with E-state index in [-0.39, 0.29) is 11.4 Å². The summed E-state index contributed by atoms with van der Waals surface area (Å²) in [4.78, 5) is 52.0. The highest BCUT2D eigenvalue weighted by atomic mass is 79.9. The molecule has 176 valence electrons. The number of benzene rings is 3. The first-order valence-electron chi connectivity index (χ1n) is 10.7. The highest BCUT2D eigenvalue weighted by molar-refractivity contribution is 9.10. The molecule has 4 atom stereocenters. The molecule has 2 aliphatic rings. The lowest BCUT2D eigenvalue weighted by Gasteiger charge is -2.31. The predicted octanol–water partition coefficient (Wildman–Crippen LogP) is 3.79. The second-order valence-corrected chi connectivity index (χ2v) is 9.36. The minimum atomic E-state index is -1.88. The zero-order chi connectivity index (χ0) is 24.9. The van der Waals surface area contributed by atoms with Crippen molar-refractivity contribution < 1.29 is 24.4 Å². The second-order valence-electron chi connectivity index (χ2n) is 8.45. The summed E-state index contributed by atoms with van der Waals surface area (Å²) in [7, 11) is 0. The number of carboxylic acid groups (broad SMARTS) is 1. The van der Waals surface area contributed by atoms with Crippen molar-refractivity contribution in [2.24, 2.45) is 11.8 Å². The molecule has 9 nitrogen and oxygen atoms in total. The number of anilines is 1. The predicted molar refractivity (Wildman–Crippen MR) is 128 cm³/mol. The molecule has 0 aromatic heterocycles. The Kier molecular flexibility index (Phi) is 5.49. The van der Waals surface area contributed by atoms with Crippen LogP contribution in [0.4, 0.5) is 11.4 Å². The number of aliphatic carboxylic acids is 1. The van der Waals surface area contributed by atoms with Crippen molar-refractivity contribution in [3.8, 4) is 0 Å². The maximum Gasteiger partial charge on any atom is 0.329 e. The SMILES string of the molecule is O=C1C2C(c3ccc(Br)cc3)NC(C(=O)O)(c3ccccc3)C2C(=O)N1c1cccc([N+](=O)[O-])c1. The first kappa shape index (κ1) is 22.9. The Morgan fingerprint density at radius 1 is 1.00 bits per heavy atom. The molecule has 3 aromatic carbocycles. The summed E-state index contributed by atoms with van der Waals surface area (Å²) in [5, 5.41) is 24.9.